The fraction of sp³-hybridized carbons (Fsp3) is 0.0571. The van der Waals surface area contributed by atoms with Crippen molar-refractivity contribution in [2.75, 3.05) is 9.80 Å². The molecule has 12 aromatic rings. The van der Waals surface area contributed by atoms with Gasteiger partial charge in [0.25, 0.3) is 0 Å². The lowest BCUT2D eigenvalue weighted by molar-refractivity contribution is 0.660. The van der Waals surface area contributed by atoms with Crippen molar-refractivity contribution >= 4 is 65.6 Å². The zero-order chi connectivity index (χ0) is 52.8. The lowest BCUT2D eigenvalue weighted by Crippen LogP contribution is -2.26. The Balaban J connectivity index is 0.987. The predicted molar refractivity (Wildman–Crippen MR) is 308 cm³/mol. The van der Waals surface area contributed by atoms with E-state index >= 15 is 0 Å². The largest absolute Gasteiger partial charge is 0.310 e. The highest BCUT2D eigenvalue weighted by Gasteiger charge is 2.52. The van der Waals surface area contributed by atoms with Crippen LogP contribution in [0.1, 0.15) is 54.1 Å². The van der Waals surface area contributed by atoms with E-state index < -0.39 is 11.5 Å². The molecule has 1 unspecified atom stereocenters. The molecular formula is C70H48N2S. The second kappa shape index (κ2) is 15.9. The molecule has 15 rings (SSSR count). The standard InChI is InChI=1S/C70H48N2S/c1-69(2)60-28-14-9-24-52(60)55-37-34-49(42-63(55)69)72(66-31-17-12-23-51(66)45-19-5-3-6-20-45)50-35-39-57-54-26-11-16-30-62(54)70(65(57)44-50)61-29-15-10-25-53(61)56-38-33-48(43-64(56)70)71(46-21-7-4-8-22-46)47-36-40-68-59(41-47)58-27-13-18-32-67(58)73-68/h3-44H,1-2H3/i3D,5D,6D,19D,20D. The van der Waals surface area contributed by atoms with Crippen LogP contribution < -0.4 is 9.80 Å². The number of rotatable bonds is 7. The van der Waals surface area contributed by atoms with Gasteiger partial charge in [-0.1, -0.05) is 190 Å². The average molecular weight is 954 g/mol. The molecule has 1 atom stereocenters. The molecule has 73 heavy (non-hydrogen) atoms. The van der Waals surface area contributed by atoms with Gasteiger partial charge in [0.15, 0.2) is 0 Å². The summed E-state index contributed by atoms with van der Waals surface area (Å²) >= 11 is 1.83. The third-order valence-corrected chi connectivity index (χ3v) is 17.1. The molecule has 3 heteroatoms. The van der Waals surface area contributed by atoms with Gasteiger partial charge in [0.05, 0.1) is 18.0 Å². The number of hydrogen-bond acceptors (Lipinski definition) is 3. The first-order valence-corrected chi connectivity index (χ1v) is 25.8. The van der Waals surface area contributed by atoms with Gasteiger partial charge in [0, 0.05) is 59.6 Å². The zero-order valence-electron chi connectivity index (χ0n) is 45.2. The van der Waals surface area contributed by atoms with Gasteiger partial charge in [0.1, 0.15) is 0 Å². The number of anilines is 6. The monoisotopic (exact) mass is 953 g/mol. The highest BCUT2D eigenvalue weighted by molar-refractivity contribution is 7.25. The van der Waals surface area contributed by atoms with E-state index in [9.17, 15) is 2.74 Å². The van der Waals surface area contributed by atoms with Crippen LogP contribution in [0.4, 0.5) is 34.1 Å². The molecule has 0 saturated heterocycles. The number of para-hydroxylation sites is 2. The Hall–Kier alpha value is -8.76. The average Bonchev–Trinajstić information content (AvgIpc) is 3.92. The quantitative estimate of drug-likeness (QED) is 0.157. The Kier molecular flexibility index (Phi) is 8.06. The lowest BCUT2D eigenvalue weighted by Gasteiger charge is -2.34. The van der Waals surface area contributed by atoms with Crippen LogP contribution in [0.5, 0.6) is 0 Å². The fourth-order valence-electron chi connectivity index (χ4n) is 12.8. The van der Waals surface area contributed by atoms with Gasteiger partial charge in [-0.25, -0.2) is 0 Å². The van der Waals surface area contributed by atoms with Gasteiger partial charge in [-0.2, -0.15) is 0 Å². The number of thiophene rings is 1. The van der Waals surface area contributed by atoms with Crippen LogP contribution in [-0.2, 0) is 10.8 Å². The van der Waals surface area contributed by atoms with Crippen LogP contribution in [0.2, 0.25) is 0 Å². The van der Waals surface area contributed by atoms with E-state index in [1.807, 2.05) is 35.6 Å². The van der Waals surface area contributed by atoms with E-state index in [0.717, 1.165) is 39.6 Å². The fourth-order valence-corrected chi connectivity index (χ4v) is 13.9. The van der Waals surface area contributed by atoms with Gasteiger partial charge >= 0.3 is 0 Å². The maximum absolute atomic E-state index is 9.29. The summed E-state index contributed by atoms with van der Waals surface area (Å²) in [5.41, 5.74) is 19.6. The summed E-state index contributed by atoms with van der Waals surface area (Å²) in [4.78, 5) is 4.64. The van der Waals surface area contributed by atoms with Gasteiger partial charge in [0.2, 0.25) is 0 Å². The van der Waals surface area contributed by atoms with Gasteiger partial charge in [-0.05, 0) is 151 Å². The summed E-state index contributed by atoms with van der Waals surface area (Å²) in [6.07, 6.45) is 0. The maximum Gasteiger partial charge on any atom is 0.0727 e. The summed E-state index contributed by atoms with van der Waals surface area (Å²) in [6.45, 7) is 4.57. The summed E-state index contributed by atoms with van der Waals surface area (Å²) in [5, 5.41) is 2.49. The number of hydrogen-bond donors (Lipinski definition) is 0. The molecule has 1 heterocycles. The minimum absolute atomic E-state index is 0.154. The topological polar surface area (TPSA) is 6.48 Å². The Morgan fingerprint density at radius 1 is 0.342 bits per heavy atom. The number of nitrogens with zero attached hydrogens (tertiary/aromatic N) is 2. The maximum atomic E-state index is 9.29. The molecule has 0 amide bonds. The van der Waals surface area contributed by atoms with Crippen molar-refractivity contribution in [3.05, 3.63) is 288 Å². The molecule has 344 valence electrons. The minimum Gasteiger partial charge on any atom is -0.310 e. The number of fused-ring (bicyclic) bond motifs is 16. The molecule has 0 aliphatic heterocycles. The molecule has 0 N–H and O–H groups in total. The molecule has 1 aromatic heterocycles. The van der Waals surface area contributed by atoms with Crippen molar-refractivity contribution in [1.82, 2.24) is 0 Å². The minimum atomic E-state index is -0.751. The van der Waals surface area contributed by atoms with Gasteiger partial charge in [-0.3, -0.25) is 0 Å². The van der Waals surface area contributed by atoms with Crippen molar-refractivity contribution in [3.63, 3.8) is 0 Å². The molecule has 2 nitrogen and oxygen atoms in total. The predicted octanol–water partition coefficient (Wildman–Crippen LogP) is 19.3. The number of benzene rings is 11. The first kappa shape index (κ1) is 37.1. The third kappa shape index (κ3) is 6.04. The Morgan fingerprint density at radius 2 is 0.808 bits per heavy atom. The van der Waals surface area contributed by atoms with Crippen molar-refractivity contribution in [2.24, 2.45) is 0 Å². The van der Waals surface area contributed by atoms with E-state index in [0.29, 0.717) is 11.3 Å². The van der Waals surface area contributed by atoms with Crippen LogP contribution in [0.3, 0.4) is 0 Å². The normalized spacial score (nSPS) is 16.1. The van der Waals surface area contributed by atoms with Crippen LogP contribution in [0.15, 0.2) is 255 Å². The van der Waals surface area contributed by atoms with Crippen molar-refractivity contribution < 1.29 is 6.85 Å². The highest BCUT2D eigenvalue weighted by atomic mass is 32.1. The second-order valence-electron chi connectivity index (χ2n) is 20.0. The molecule has 0 bridgehead atoms. The van der Waals surface area contributed by atoms with Gasteiger partial charge in [-0.15, -0.1) is 11.3 Å². The molecule has 0 saturated carbocycles. The van der Waals surface area contributed by atoms with Crippen molar-refractivity contribution in [2.45, 2.75) is 24.7 Å². The van der Waals surface area contributed by atoms with Crippen molar-refractivity contribution in [3.8, 4) is 44.5 Å². The smallest absolute Gasteiger partial charge is 0.0727 e. The van der Waals surface area contributed by atoms with Gasteiger partial charge < -0.3 is 9.80 Å². The van der Waals surface area contributed by atoms with E-state index in [4.69, 9.17) is 4.11 Å². The SMILES string of the molecule is [2H]c1c([2H])c([2H])c(-c2ccccc2N(c2ccc3c(c2)C(C)(C)c2ccccc2-3)c2ccc3c(c2)C2(c4ccccc4-c4ccc(N(c5ccccc5)c5ccc6sc7ccccc7c6c5)cc42)c2ccccc2-3)c([2H])c1[2H]. The van der Waals surface area contributed by atoms with Crippen LogP contribution in [-0.4, -0.2) is 0 Å². The van der Waals surface area contributed by atoms with Crippen LogP contribution >= 0.6 is 11.3 Å². The molecular weight excluding hydrogens is 901 g/mol. The summed E-state index contributed by atoms with van der Waals surface area (Å²) in [6, 6.07) is 79.3. The summed E-state index contributed by atoms with van der Waals surface area (Å²) in [5.74, 6) is 0. The first-order chi connectivity index (χ1) is 38.0. The third-order valence-electron chi connectivity index (χ3n) is 15.9. The lowest BCUT2D eigenvalue weighted by atomic mass is 9.70. The zero-order valence-corrected chi connectivity index (χ0v) is 41.0. The summed E-state index contributed by atoms with van der Waals surface area (Å²) < 4.78 is 47.3. The Labute approximate surface area is 437 Å². The van der Waals surface area contributed by atoms with E-state index in [1.54, 1.807) is 0 Å². The van der Waals surface area contributed by atoms with E-state index in [2.05, 4.69) is 224 Å². The Morgan fingerprint density at radius 3 is 1.48 bits per heavy atom. The molecule has 1 spiro atoms. The summed E-state index contributed by atoms with van der Waals surface area (Å²) in [7, 11) is 0. The highest BCUT2D eigenvalue weighted by Crippen LogP contribution is 2.64. The van der Waals surface area contributed by atoms with E-state index in [1.165, 1.54) is 75.8 Å². The molecule has 0 radical (unpaired) electrons. The first-order valence-electron chi connectivity index (χ1n) is 27.5. The molecule has 3 aliphatic carbocycles. The van der Waals surface area contributed by atoms with Crippen LogP contribution in [0, 0.1) is 0 Å². The molecule has 3 aliphatic rings. The molecule has 0 fully saturated rings. The van der Waals surface area contributed by atoms with Crippen LogP contribution in [0.25, 0.3) is 64.7 Å². The second-order valence-corrected chi connectivity index (χ2v) is 21.1. The van der Waals surface area contributed by atoms with Crippen molar-refractivity contribution in [1.29, 1.82) is 0 Å². The Bertz CT molecular complexity index is 4480. The molecule has 11 aromatic carbocycles. The van der Waals surface area contributed by atoms with E-state index in [-0.39, 0.29) is 35.1 Å².